The van der Waals surface area contributed by atoms with Crippen molar-refractivity contribution in [2.45, 2.75) is 26.5 Å². The summed E-state index contributed by atoms with van der Waals surface area (Å²) in [6.07, 6.45) is 1.00. The van der Waals surface area contributed by atoms with Crippen molar-refractivity contribution in [2.24, 2.45) is 0 Å². The number of nitrogens with one attached hydrogen (secondary N) is 2. The first kappa shape index (κ1) is 19.7. The molecular weight excluding hydrogens is 336 g/mol. The molecule has 0 heterocycles. The average molecular weight is 363 g/mol. The van der Waals surface area contributed by atoms with E-state index in [4.69, 9.17) is 21.4 Å². The van der Waals surface area contributed by atoms with Crippen LogP contribution in [0.2, 0.25) is 5.02 Å². The summed E-state index contributed by atoms with van der Waals surface area (Å²) < 4.78 is 6.00. The number of hydrogen-bond acceptors (Lipinski definition) is 4. The molecular formula is C20H27ClN2O2. The molecule has 0 aliphatic rings. The second-order valence-electron chi connectivity index (χ2n) is 6.03. The number of hydrogen-bond donors (Lipinski definition) is 3. The Morgan fingerprint density at radius 2 is 1.88 bits per heavy atom. The molecule has 0 saturated carbocycles. The highest BCUT2D eigenvalue weighted by Gasteiger charge is 2.05. The molecule has 0 aliphatic heterocycles. The zero-order valence-corrected chi connectivity index (χ0v) is 15.5. The van der Waals surface area contributed by atoms with Crippen molar-refractivity contribution < 1.29 is 9.84 Å². The zero-order valence-electron chi connectivity index (χ0n) is 14.7. The molecule has 2 aromatic carbocycles. The maximum atomic E-state index is 8.72. The number of ether oxygens (including phenoxy) is 1. The van der Waals surface area contributed by atoms with Crippen LogP contribution in [0.1, 0.15) is 23.1 Å². The number of benzene rings is 2. The Balaban J connectivity index is 1.84. The van der Waals surface area contributed by atoms with Gasteiger partial charge in [0.15, 0.2) is 0 Å². The van der Waals surface area contributed by atoms with Crippen LogP contribution in [0.25, 0.3) is 0 Å². The number of aliphatic hydroxyl groups excluding tert-OH is 1. The van der Waals surface area contributed by atoms with Crippen molar-refractivity contribution in [1.82, 2.24) is 10.6 Å². The molecule has 25 heavy (non-hydrogen) atoms. The molecule has 5 heteroatoms. The van der Waals surface area contributed by atoms with Crippen molar-refractivity contribution in [1.29, 1.82) is 0 Å². The maximum Gasteiger partial charge on any atom is 0.124 e. The van der Waals surface area contributed by atoms with Crippen LogP contribution in [0.15, 0.2) is 42.5 Å². The lowest BCUT2D eigenvalue weighted by Crippen LogP contribution is -2.24. The smallest absolute Gasteiger partial charge is 0.124 e. The zero-order chi connectivity index (χ0) is 17.9. The first-order chi connectivity index (χ1) is 12.2. The monoisotopic (exact) mass is 362 g/mol. The number of aliphatic hydroxyl groups is 1. The lowest BCUT2D eigenvalue weighted by Gasteiger charge is -2.13. The number of rotatable bonds is 11. The topological polar surface area (TPSA) is 53.5 Å². The third-order valence-corrected chi connectivity index (χ3v) is 4.05. The largest absolute Gasteiger partial charge is 0.489 e. The predicted octanol–water partition coefficient (Wildman–Crippen LogP) is 3.29. The summed E-state index contributed by atoms with van der Waals surface area (Å²) in [7, 11) is 0. The Kier molecular flexibility index (Phi) is 8.77. The van der Waals surface area contributed by atoms with Crippen molar-refractivity contribution >= 4 is 11.6 Å². The van der Waals surface area contributed by atoms with Gasteiger partial charge < -0.3 is 20.5 Å². The Hall–Kier alpha value is -1.59. The highest BCUT2D eigenvalue weighted by Crippen LogP contribution is 2.24. The first-order valence-electron chi connectivity index (χ1n) is 8.68. The van der Waals surface area contributed by atoms with E-state index in [9.17, 15) is 0 Å². The molecule has 0 spiro atoms. The van der Waals surface area contributed by atoms with Crippen LogP contribution >= 0.6 is 11.6 Å². The molecule has 0 bridgehead atoms. The van der Waals surface area contributed by atoms with E-state index in [1.165, 1.54) is 5.56 Å². The summed E-state index contributed by atoms with van der Waals surface area (Å²) in [4.78, 5) is 0. The minimum absolute atomic E-state index is 0.178. The fourth-order valence-electron chi connectivity index (χ4n) is 2.56. The molecule has 0 aromatic heterocycles. The van der Waals surface area contributed by atoms with Crippen LogP contribution in [0.3, 0.4) is 0 Å². The van der Waals surface area contributed by atoms with Gasteiger partial charge in [-0.3, -0.25) is 0 Å². The quantitative estimate of drug-likeness (QED) is 0.537. The van der Waals surface area contributed by atoms with Gasteiger partial charge in [-0.15, -0.1) is 0 Å². The summed E-state index contributed by atoms with van der Waals surface area (Å²) in [5, 5.41) is 16.0. The van der Waals surface area contributed by atoms with Gasteiger partial charge in [-0.25, -0.2) is 0 Å². The Bertz CT molecular complexity index is 649. The standard InChI is InChI=1S/C20H27ClN2O2/c1-16-4-2-5-17(12-16)15-25-20-7-6-19(21)13-18(20)14-23-9-3-8-22-10-11-24/h2,4-7,12-13,22-24H,3,8-11,14-15H2,1H3. The normalized spacial score (nSPS) is 10.8. The molecule has 0 atom stereocenters. The number of halogens is 1. The number of aryl methyl sites for hydroxylation is 1. The Morgan fingerprint density at radius 1 is 1.04 bits per heavy atom. The second-order valence-corrected chi connectivity index (χ2v) is 6.47. The maximum absolute atomic E-state index is 8.72. The van der Waals surface area contributed by atoms with Gasteiger partial charge in [-0.2, -0.15) is 0 Å². The third-order valence-electron chi connectivity index (χ3n) is 3.81. The highest BCUT2D eigenvalue weighted by atomic mass is 35.5. The molecule has 2 aromatic rings. The van der Waals surface area contributed by atoms with Crippen molar-refractivity contribution in [3.63, 3.8) is 0 Å². The van der Waals surface area contributed by atoms with Crippen LogP contribution < -0.4 is 15.4 Å². The summed E-state index contributed by atoms with van der Waals surface area (Å²) in [5.41, 5.74) is 3.45. The lowest BCUT2D eigenvalue weighted by molar-refractivity contribution is 0.292. The van der Waals surface area contributed by atoms with Crippen LogP contribution in [0, 0.1) is 6.92 Å². The van der Waals surface area contributed by atoms with Crippen molar-refractivity contribution in [3.05, 3.63) is 64.2 Å². The predicted molar refractivity (Wildman–Crippen MR) is 103 cm³/mol. The molecule has 0 aliphatic carbocycles. The molecule has 3 N–H and O–H groups in total. The minimum atomic E-state index is 0.178. The van der Waals surface area contributed by atoms with E-state index in [-0.39, 0.29) is 6.61 Å². The summed E-state index contributed by atoms with van der Waals surface area (Å²) >= 11 is 6.14. The molecule has 0 radical (unpaired) electrons. The summed E-state index contributed by atoms with van der Waals surface area (Å²) in [5.74, 6) is 0.858. The summed E-state index contributed by atoms with van der Waals surface area (Å²) in [6, 6.07) is 14.1. The second kappa shape index (κ2) is 11.1. The van der Waals surface area contributed by atoms with Crippen LogP contribution in [-0.2, 0) is 13.2 Å². The van der Waals surface area contributed by atoms with Gasteiger partial charge in [0, 0.05) is 23.7 Å². The van der Waals surface area contributed by atoms with E-state index in [1.807, 2.05) is 24.3 Å². The fraction of sp³-hybridized carbons (Fsp3) is 0.400. The van der Waals surface area contributed by atoms with Gasteiger partial charge in [0.05, 0.1) is 6.61 Å². The van der Waals surface area contributed by atoms with Crippen LogP contribution in [0.4, 0.5) is 0 Å². The molecule has 2 rings (SSSR count). The molecule has 0 fully saturated rings. The molecule has 136 valence electrons. The van der Waals surface area contributed by atoms with E-state index in [0.717, 1.165) is 36.4 Å². The summed E-state index contributed by atoms with van der Waals surface area (Å²) in [6.45, 7) is 5.94. The lowest BCUT2D eigenvalue weighted by atomic mass is 10.1. The van der Waals surface area contributed by atoms with Crippen molar-refractivity contribution in [3.8, 4) is 5.75 Å². The molecule has 0 amide bonds. The van der Waals surface area contributed by atoms with E-state index in [2.05, 4.69) is 35.8 Å². The molecule has 0 unspecified atom stereocenters. The van der Waals surface area contributed by atoms with Gasteiger partial charge in [-0.1, -0.05) is 41.4 Å². The van der Waals surface area contributed by atoms with Gasteiger partial charge in [0.25, 0.3) is 0 Å². The molecule has 4 nitrogen and oxygen atoms in total. The van der Waals surface area contributed by atoms with Gasteiger partial charge >= 0.3 is 0 Å². The van der Waals surface area contributed by atoms with Gasteiger partial charge in [0.1, 0.15) is 12.4 Å². The Labute approximate surface area is 155 Å². The first-order valence-corrected chi connectivity index (χ1v) is 9.06. The fourth-order valence-corrected chi connectivity index (χ4v) is 2.75. The third kappa shape index (κ3) is 7.45. The van der Waals surface area contributed by atoms with Crippen LogP contribution in [0.5, 0.6) is 5.75 Å². The van der Waals surface area contributed by atoms with Crippen LogP contribution in [-0.4, -0.2) is 31.3 Å². The highest BCUT2D eigenvalue weighted by molar-refractivity contribution is 6.30. The average Bonchev–Trinajstić information content (AvgIpc) is 2.60. The SMILES string of the molecule is Cc1cccc(COc2ccc(Cl)cc2CNCCCNCCO)c1. The van der Waals surface area contributed by atoms with Gasteiger partial charge in [0.2, 0.25) is 0 Å². The van der Waals surface area contributed by atoms with Gasteiger partial charge in [-0.05, 0) is 50.2 Å². The van der Waals surface area contributed by atoms with E-state index in [1.54, 1.807) is 0 Å². The van der Waals surface area contributed by atoms with E-state index < -0.39 is 0 Å². The van der Waals surface area contributed by atoms with E-state index in [0.29, 0.717) is 24.7 Å². The minimum Gasteiger partial charge on any atom is -0.489 e. The van der Waals surface area contributed by atoms with E-state index >= 15 is 0 Å². The molecule has 0 saturated heterocycles. The van der Waals surface area contributed by atoms with Crippen molar-refractivity contribution in [2.75, 3.05) is 26.2 Å². The Morgan fingerprint density at radius 3 is 2.68 bits per heavy atom.